The first-order valence-electron chi connectivity index (χ1n) is 7.45. The van der Waals surface area contributed by atoms with Gasteiger partial charge in [-0.05, 0) is 31.0 Å². The smallest absolute Gasteiger partial charge is 0.221 e. The Labute approximate surface area is 121 Å². The van der Waals surface area contributed by atoms with E-state index in [4.69, 9.17) is 0 Å². The Morgan fingerprint density at radius 1 is 1.15 bits per heavy atom. The highest BCUT2D eigenvalue weighted by atomic mass is 19.1. The highest BCUT2D eigenvalue weighted by molar-refractivity contribution is 5.76. The van der Waals surface area contributed by atoms with Crippen LogP contribution >= 0.6 is 0 Å². The number of amides is 1. The largest absolute Gasteiger partial charge is 0.356 e. The molecule has 112 valence electrons. The summed E-state index contributed by atoms with van der Waals surface area (Å²) in [4.78, 5) is 11.6. The zero-order valence-electron chi connectivity index (χ0n) is 12.3. The van der Waals surface area contributed by atoms with Gasteiger partial charge in [0.15, 0.2) is 0 Å². The molecule has 0 aromatic heterocycles. The first kappa shape index (κ1) is 16.6. The molecule has 1 aromatic rings. The van der Waals surface area contributed by atoms with Crippen LogP contribution in [0.2, 0.25) is 0 Å². The summed E-state index contributed by atoms with van der Waals surface area (Å²) < 4.78 is 13.3. The summed E-state index contributed by atoms with van der Waals surface area (Å²) in [6, 6.07) is 6.66. The molecule has 0 aliphatic carbocycles. The van der Waals surface area contributed by atoms with Crippen LogP contribution in [0, 0.1) is 5.82 Å². The second-order valence-electron chi connectivity index (χ2n) is 4.90. The minimum atomic E-state index is -0.209. The average Bonchev–Trinajstić information content (AvgIpc) is 2.45. The van der Waals surface area contributed by atoms with Gasteiger partial charge in [0.05, 0.1) is 0 Å². The van der Waals surface area contributed by atoms with Crippen molar-refractivity contribution in [3.63, 3.8) is 0 Å². The summed E-state index contributed by atoms with van der Waals surface area (Å²) in [6.45, 7) is 4.32. The lowest BCUT2D eigenvalue weighted by Gasteiger charge is -2.07. The molecule has 3 nitrogen and oxygen atoms in total. The van der Waals surface area contributed by atoms with Crippen molar-refractivity contribution < 1.29 is 9.18 Å². The lowest BCUT2D eigenvalue weighted by atomic mass is 10.1. The predicted octanol–water partition coefficient (Wildman–Crippen LogP) is 2.65. The third kappa shape index (κ3) is 7.24. The topological polar surface area (TPSA) is 41.1 Å². The van der Waals surface area contributed by atoms with E-state index in [-0.39, 0.29) is 11.7 Å². The Balaban J connectivity index is 2.04. The molecule has 20 heavy (non-hydrogen) atoms. The van der Waals surface area contributed by atoms with Gasteiger partial charge in [-0.1, -0.05) is 38.0 Å². The van der Waals surface area contributed by atoms with Gasteiger partial charge >= 0.3 is 0 Å². The van der Waals surface area contributed by atoms with E-state index in [0.29, 0.717) is 31.5 Å². The van der Waals surface area contributed by atoms with Crippen molar-refractivity contribution >= 4 is 5.91 Å². The van der Waals surface area contributed by atoms with Crippen LogP contribution in [0.25, 0.3) is 0 Å². The van der Waals surface area contributed by atoms with E-state index in [0.717, 1.165) is 13.0 Å². The molecule has 0 atom stereocenters. The minimum absolute atomic E-state index is 0.0179. The summed E-state index contributed by atoms with van der Waals surface area (Å²) in [6.07, 6.45) is 4.59. The van der Waals surface area contributed by atoms with Crippen molar-refractivity contribution in [2.45, 2.75) is 39.0 Å². The molecule has 0 saturated carbocycles. The van der Waals surface area contributed by atoms with Crippen LogP contribution in [0.3, 0.4) is 0 Å². The van der Waals surface area contributed by atoms with Crippen molar-refractivity contribution in [1.82, 2.24) is 10.6 Å². The normalized spacial score (nSPS) is 10.5. The van der Waals surface area contributed by atoms with Gasteiger partial charge in [-0.2, -0.15) is 0 Å². The molecule has 0 heterocycles. The van der Waals surface area contributed by atoms with Crippen LogP contribution in [0.1, 0.15) is 38.2 Å². The van der Waals surface area contributed by atoms with Crippen LogP contribution < -0.4 is 10.6 Å². The van der Waals surface area contributed by atoms with E-state index >= 15 is 0 Å². The zero-order valence-corrected chi connectivity index (χ0v) is 12.3. The molecule has 2 N–H and O–H groups in total. The second kappa shape index (κ2) is 10.4. The van der Waals surface area contributed by atoms with E-state index in [9.17, 15) is 9.18 Å². The maximum atomic E-state index is 13.3. The van der Waals surface area contributed by atoms with Crippen LogP contribution in [-0.2, 0) is 11.2 Å². The van der Waals surface area contributed by atoms with Gasteiger partial charge in [0.25, 0.3) is 0 Å². The minimum Gasteiger partial charge on any atom is -0.356 e. The van der Waals surface area contributed by atoms with Crippen molar-refractivity contribution in [2.24, 2.45) is 0 Å². The predicted molar refractivity (Wildman–Crippen MR) is 80.1 cm³/mol. The third-order valence-corrected chi connectivity index (χ3v) is 3.16. The van der Waals surface area contributed by atoms with E-state index in [1.54, 1.807) is 18.2 Å². The van der Waals surface area contributed by atoms with Crippen molar-refractivity contribution in [1.29, 1.82) is 0 Å². The van der Waals surface area contributed by atoms with Gasteiger partial charge in [-0.15, -0.1) is 0 Å². The lowest BCUT2D eigenvalue weighted by Crippen LogP contribution is -2.29. The Bertz CT molecular complexity index is 396. The molecule has 0 spiro atoms. The molecule has 0 aliphatic heterocycles. The Hall–Kier alpha value is -1.42. The SMILES string of the molecule is CCCCCNCCC(=O)NCCc1ccccc1F. The van der Waals surface area contributed by atoms with Crippen LogP contribution in [0.15, 0.2) is 24.3 Å². The van der Waals surface area contributed by atoms with Crippen LogP contribution in [0.4, 0.5) is 4.39 Å². The van der Waals surface area contributed by atoms with Gasteiger partial charge in [-0.3, -0.25) is 4.79 Å². The average molecular weight is 280 g/mol. The van der Waals surface area contributed by atoms with Crippen molar-refractivity contribution in [2.75, 3.05) is 19.6 Å². The second-order valence-corrected chi connectivity index (χ2v) is 4.90. The van der Waals surface area contributed by atoms with E-state index < -0.39 is 0 Å². The number of carbonyl (C=O) groups excluding carboxylic acids is 1. The molecule has 0 fully saturated rings. The standard InChI is InChI=1S/C16H25FN2O/c1-2-3-6-11-18-12-10-16(20)19-13-9-14-7-4-5-8-15(14)17/h4-5,7-8,18H,2-3,6,9-13H2,1H3,(H,19,20). The summed E-state index contributed by atoms with van der Waals surface area (Å²) in [5.74, 6) is -0.191. The fraction of sp³-hybridized carbons (Fsp3) is 0.562. The van der Waals surface area contributed by atoms with E-state index in [1.807, 2.05) is 0 Å². The summed E-state index contributed by atoms with van der Waals surface area (Å²) in [5, 5.41) is 6.06. The molecule has 0 saturated heterocycles. The summed E-state index contributed by atoms with van der Waals surface area (Å²) in [5.41, 5.74) is 0.644. The number of halogens is 1. The zero-order chi connectivity index (χ0) is 14.6. The monoisotopic (exact) mass is 280 g/mol. The summed E-state index contributed by atoms with van der Waals surface area (Å²) in [7, 11) is 0. The molecule has 0 bridgehead atoms. The maximum absolute atomic E-state index is 13.3. The third-order valence-electron chi connectivity index (χ3n) is 3.16. The summed E-state index contributed by atoms with van der Waals surface area (Å²) >= 11 is 0. The quantitative estimate of drug-likeness (QED) is 0.647. The molecule has 4 heteroatoms. The number of hydrogen-bond acceptors (Lipinski definition) is 2. The fourth-order valence-corrected chi connectivity index (χ4v) is 1.95. The first-order valence-corrected chi connectivity index (χ1v) is 7.45. The van der Waals surface area contributed by atoms with Crippen molar-refractivity contribution in [3.05, 3.63) is 35.6 Å². The maximum Gasteiger partial charge on any atom is 0.221 e. The molecule has 1 rings (SSSR count). The van der Waals surface area contributed by atoms with Gasteiger partial charge in [-0.25, -0.2) is 4.39 Å². The molecule has 0 radical (unpaired) electrons. The Kier molecular flexibility index (Phi) is 8.63. The molecular formula is C16H25FN2O. The number of nitrogens with one attached hydrogen (secondary N) is 2. The highest BCUT2D eigenvalue weighted by Crippen LogP contribution is 2.06. The molecule has 1 amide bonds. The fourth-order valence-electron chi connectivity index (χ4n) is 1.95. The molecular weight excluding hydrogens is 255 g/mol. The molecule has 1 aromatic carbocycles. The van der Waals surface area contributed by atoms with Crippen LogP contribution in [-0.4, -0.2) is 25.5 Å². The first-order chi connectivity index (χ1) is 9.74. The lowest BCUT2D eigenvalue weighted by molar-refractivity contribution is -0.120. The van der Waals surface area contributed by atoms with Gasteiger partial charge in [0, 0.05) is 19.5 Å². The number of hydrogen-bond donors (Lipinski definition) is 2. The molecule has 0 aliphatic rings. The van der Waals surface area contributed by atoms with Gasteiger partial charge in [0.1, 0.15) is 5.82 Å². The Morgan fingerprint density at radius 3 is 2.70 bits per heavy atom. The number of carbonyl (C=O) groups is 1. The number of benzene rings is 1. The van der Waals surface area contributed by atoms with Crippen molar-refractivity contribution in [3.8, 4) is 0 Å². The number of rotatable bonds is 10. The van der Waals surface area contributed by atoms with Crippen LogP contribution in [0.5, 0.6) is 0 Å². The van der Waals surface area contributed by atoms with Gasteiger partial charge in [0.2, 0.25) is 5.91 Å². The number of unbranched alkanes of at least 4 members (excludes halogenated alkanes) is 2. The highest BCUT2D eigenvalue weighted by Gasteiger charge is 2.03. The molecule has 0 unspecified atom stereocenters. The Morgan fingerprint density at radius 2 is 1.95 bits per heavy atom. The van der Waals surface area contributed by atoms with E-state index in [1.165, 1.54) is 18.9 Å². The van der Waals surface area contributed by atoms with E-state index in [2.05, 4.69) is 17.6 Å². The van der Waals surface area contributed by atoms with Gasteiger partial charge < -0.3 is 10.6 Å².